The summed E-state index contributed by atoms with van der Waals surface area (Å²) >= 11 is 0. The van der Waals surface area contributed by atoms with Gasteiger partial charge in [0, 0.05) is 18.8 Å². The van der Waals surface area contributed by atoms with Crippen LogP contribution in [0.15, 0.2) is 12.3 Å². The lowest BCUT2D eigenvalue weighted by Gasteiger charge is -2.02. The highest BCUT2D eigenvalue weighted by molar-refractivity contribution is 5.79. The summed E-state index contributed by atoms with van der Waals surface area (Å²) in [5.41, 5.74) is 0. The molecule has 0 aromatic carbocycles. The van der Waals surface area contributed by atoms with Gasteiger partial charge in [0.1, 0.15) is 0 Å². The van der Waals surface area contributed by atoms with Crippen molar-refractivity contribution in [3.8, 4) is 0 Å². The normalized spacial score (nSPS) is 10.8. The zero-order chi connectivity index (χ0) is 8.69. The Kier molecular flexibility index (Phi) is 5.25. The van der Waals surface area contributed by atoms with Gasteiger partial charge in [-0.15, -0.1) is 0 Å². The smallest absolute Gasteiger partial charge is 0.329 e. The van der Waals surface area contributed by atoms with Crippen LogP contribution >= 0.6 is 0 Å². The molecule has 0 rings (SSSR count). The van der Waals surface area contributed by atoms with Crippen LogP contribution in [0.4, 0.5) is 0 Å². The summed E-state index contributed by atoms with van der Waals surface area (Å²) in [7, 11) is 0. The molecule has 2 N–H and O–H groups in total. The maximum Gasteiger partial charge on any atom is 0.329 e. The lowest BCUT2D eigenvalue weighted by Crippen LogP contribution is -2.09. The van der Waals surface area contributed by atoms with Crippen molar-refractivity contribution in [3.63, 3.8) is 0 Å². The van der Waals surface area contributed by atoms with Crippen LogP contribution < -0.4 is 5.32 Å². The van der Waals surface area contributed by atoms with Crippen molar-refractivity contribution in [1.82, 2.24) is 5.32 Å². The average molecular weight is 157 g/mol. The molecular weight excluding hydrogens is 142 g/mol. The van der Waals surface area contributed by atoms with Crippen molar-refractivity contribution in [3.05, 3.63) is 12.3 Å². The quantitative estimate of drug-likeness (QED) is 0.466. The zero-order valence-electron chi connectivity index (χ0n) is 7.00. The summed E-state index contributed by atoms with van der Waals surface area (Å²) < 4.78 is 0. The average Bonchev–Trinajstić information content (AvgIpc) is 1.85. The fraction of sp³-hybridized carbons (Fsp3) is 0.625. The molecule has 0 aliphatic heterocycles. The molecule has 0 aromatic rings. The molecule has 0 atom stereocenters. The van der Waals surface area contributed by atoms with Crippen LogP contribution in [-0.4, -0.2) is 17.6 Å². The monoisotopic (exact) mass is 157 g/mol. The maximum atomic E-state index is 9.97. The van der Waals surface area contributed by atoms with Gasteiger partial charge in [0.15, 0.2) is 0 Å². The van der Waals surface area contributed by atoms with E-state index >= 15 is 0 Å². The van der Waals surface area contributed by atoms with Crippen LogP contribution in [0.2, 0.25) is 0 Å². The number of nitrogens with one attached hydrogen (secondary N) is 1. The molecule has 0 saturated carbocycles. The molecule has 0 aliphatic rings. The molecule has 0 heterocycles. The minimum atomic E-state index is -0.915. The minimum absolute atomic E-state index is 0.653. The molecule has 0 radical (unpaired) electrons. The minimum Gasteiger partial charge on any atom is -0.478 e. The highest BCUT2D eigenvalue weighted by atomic mass is 16.4. The third kappa shape index (κ3) is 9.01. The molecular formula is C8H15NO2. The van der Waals surface area contributed by atoms with Crippen molar-refractivity contribution < 1.29 is 9.90 Å². The van der Waals surface area contributed by atoms with Crippen molar-refractivity contribution in [1.29, 1.82) is 0 Å². The van der Waals surface area contributed by atoms with E-state index in [1.165, 1.54) is 6.20 Å². The number of hydrogen-bond acceptors (Lipinski definition) is 2. The highest BCUT2D eigenvalue weighted by Gasteiger charge is 1.90. The molecule has 0 amide bonds. The van der Waals surface area contributed by atoms with E-state index in [1.54, 1.807) is 0 Å². The second-order valence-electron chi connectivity index (χ2n) is 2.81. The van der Waals surface area contributed by atoms with Crippen molar-refractivity contribution in [2.75, 3.05) is 6.54 Å². The van der Waals surface area contributed by atoms with Crippen LogP contribution in [0, 0.1) is 5.92 Å². The molecule has 0 unspecified atom stereocenters. The maximum absolute atomic E-state index is 9.97. The molecule has 0 bridgehead atoms. The molecule has 0 saturated heterocycles. The van der Waals surface area contributed by atoms with E-state index in [9.17, 15) is 4.79 Å². The molecule has 0 aromatic heterocycles. The van der Waals surface area contributed by atoms with Crippen molar-refractivity contribution in [2.45, 2.75) is 20.3 Å². The number of carbonyl (C=O) groups is 1. The largest absolute Gasteiger partial charge is 0.478 e. The first kappa shape index (κ1) is 10.0. The number of aliphatic carboxylic acids is 1. The van der Waals surface area contributed by atoms with Gasteiger partial charge in [-0.1, -0.05) is 13.8 Å². The van der Waals surface area contributed by atoms with Crippen LogP contribution in [0.3, 0.4) is 0 Å². The first-order valence-corrected chi connectivity index (χ1v) is 3.75. The van der Waals surface area contributed by atoms with Gasteiger partial charge >= 0.3 is 5.97 Å². The van der Waals surface area contributed by atoms with Gasteiger partial charge in [-0.2, -0.15) is 0 Å². The molecule has 0 aliphatic carbocycles. The van der Waals surface area contributed by atoms with E-state index in [2.05, 4.69) is 19.2 Å². The molecule has 11 heavy (non-hydrogen) atoms. The Morgan fingerprint density at radius 3 is 2.73 bits per heavy atom. The van der Waals surface area contributed by atoms with E-state index in [0.29, 0.717) is 5.92 Å². The van der Waals surface area contributed by atoms with Gasteiger partial charge in [0.2, 0.25) is 0 Å². The zero-order valence-corrected chi connectivity index (χ0v) is 7.00. The summed E-state index contributed by atoms with van der Waals surface area (Å²) in [6.07, 6.45) is 3.62. The summed E-state index contributed by atoms with van der Waals surface area (Å²) in [4.78, 5) is 9.97. The topological polar surface area (TPSA) is 49.3 Å². The van der Waals surface area contributed by atoms with Crippen LogP contribution in [0.1, 0.15) is 20.3 Å². The van der Waals surface area contributed by atoms with Crippen LogP contribution in [0.25, 0.3) is 0 Å². The molecule has 3 nitrogen and oxygen atoms in total. The predicted molar refractivity (Wildman–Crippen MR) is 44.2 cm³/mol. The predicted octanol–water partition coefficient (Wildman–Crippen LogP) is 1.22. The summed E-state index contributed by atoms with van der Waals surface area (Å²) in [6, 6.07) is 0. The fourth-order valence-corrected chi connectivity index (χ4v) is 0.586. The van der Waals surface area contributed by atoms with E-state index in [1.807, 2.05) is 0 Å². The van der Waals surface area contributed by atoms with Crippen LogP contribution in [-0.2, 0) is 4.79 Å². The Morgan fingerprint density at radius 2 is 2.27 bits per heavy atom. The summed E-state index contributed by atoms with van der Waals surface area (Å²) in [5.74, 6) is -0.261. The molecule has 0 spiro atoms. The van der Waals surface area contributed by atoms with E-state index in [4.69, 9.17) is 5.11 Å². The number of carboxylic acids is 1. The second kappa shape index (κ2) is 5.77. The number of carboxylic acid groups (broad SMARTS) is 1. The van der Waals surface area contributed by atoms with Gasteiger partial charge in [-0.25, -0.2) is 4.79 Å². The third-order valence-electron chi connectivity index (χ3n) is 1.21. The number of rotatable bonds is 5. The Morgan fingerprint density at radius 1 is 1.64 bits per heavy atom. The van der Waals surface area contributed by atoms with Gasteiger partial charge in [-0.05, 0) is 12.3 Å². The Hall–Kier alpha value is -0.990. The first-order valence-electron chi connectivity index (χ1n) is 3.75. The van der Waals surface area contributed by atoms with Crippen LogP contribution in [0.5, 0.6) is 0 Å². The Balaban J connectivity index is 3.21. The van der Waals surface area contributed by atoms with E-state index < -0.39 is 5.97 Å². The Bertz CT molecular complexity index is 141. The number of hydrogen-bond donors (Lipinski definition) is 2. The van der Waals surface area contributed by atoms with Gasteiger partial charge < -0.3 is 10.4 Å². The highest BCUT2D eigenvalue weighted by Crippen LogP contribution is 1.95. The fourth-order valence-electron chi connectivity index (χ4n) is 0.586. The van der Waals surface area contributed by atoms with Gasteiger partial charge in [-0.3, -0.25) is 0 Å². The molecule has 3 heteroatoms. The second-order valence-corrected chi connectivity index (χ2v) is 2.81. The van der Waals surface area contributed by atoms with E-state index in [0.717, 1.165) is 19.0 Å². The first-order chi connectivity index (χ1) is 5.13. The summed E-state index contributed by atoms with van der Waals surface area (Å²) in [5, 5.41) is 11.1. The SMILES string of the molecule is CC(C)CCN/C=C/C(=O)O. The Labute approximate surface area is 67.1 Å². The standard InChI is InChI=1S/C8H15NO2/c1-7(2)3-5-9-6-4-8(10)11/h4,6-7,9H,3,5H2,1-2H3,(H,10,11)/b6-4+. The van der Waals surface area contributed by atoms with Gasteiger partial charge in [0.05, 0.1) is 0 Å². The lowest BCUT2D eigenvalue weighted by atomic mass is 10.1. The lowest BCUT2D eigenvalue weighted by molar-refractivity contribution is -0.131. The van der Waals surface area contributed by atoms with E-state index in [-0.39, 0.29) is 0 Å². The van der Waals surface area contributed by atoms with Gasteiger partial charge in [0.25, 0.3) is 0 Å². The molecule has 0 fully saturated rings. The third-order valence-corrected chi connectivity index (χ3v) is 1.21. The summed E-state index contributed by atoms with van der Waals surface area (Å²) in [6.45, 7) is 5.09. The van der Waals surface area contributed by atoms with Crippen molar-refractivity contribution >= 4 is 5.97 Å². The van der Waals surface area contributed by atoms with Crippen molar-refractivity contribution in [2.24, 2.45) is 5.92 Å². The molecule has 64 valence electrons.